The van der Waals surface area contributed by atoms with E-state index in [-0.39, 0.29) is 23.8 Å². The van der Waals surface area contributed by atoms with Gasteiger partial charge in [0.15, 0.2) is 0 Å². The number of methoxy groups -OCH3 is 2. The number of nitrogens with one attached hydrogen (secondary N) is 1. The molecule has 0 spiro atoms. The molecule has 0 saturated carbocycles. The average molecular weight is 475 g/mol. The Morgan fingerprint density at radius 3 is 2.33 bits per heavy atom. The van der Waals surface area contributed by atoms with Gasteiger partial charge in [0.2, 0.25) is 5.91 Å². The molecule has 0 radical (unpaired) electrons. The van der Waals surface area contributed by atoms with Crippen LogP contribution < -0.4 is 14.8 Å². The molecule has 0 aromatic heterocycles. The first-order chi connectivity index (χ1) is 14.4. The van der Waals surface area contributed by atoms with Crippen molar-refractivity contribution < 1.29 is 19.1 Å². The Bertz CT molecular complexity index is 893. The summed E-state index contributed by atoms with van der Waals surface area (Å²) >= 11 is 3.38. The van der Waals surface area contributed by atoms with E-state index < -0.39 is 0 Å². The van der Waals surface area contributed by atoms with Crippen molar-refractivity contribution in [3.05, 3.63) is 58.1 Å². The highest BCUT2D eigenvalue weighted by Crippen LogP contribution is 2.30. The summed E-state index contributed by atoms with van der Waals surface area (Å²) in [5, 5.41) is 3.09. The van der Waals surface area contributed by atoms with E-state index >= 15 is 0 Å². The minimum Gasteiger partial charge on any atom is -0.497 e. The molecule has 7 heteroatoms. The molecule has 1 aliphatic rings. The number of ether oxygens (including phenoxy) is 2. The Morgan fingerprint density at radius 1 is 1.07 bits per heavy atom. The van der Waals surface area contributed by atoms with Crippen LogP contribution in [0.5, 0.6) is 11.5 Å². The zero-order chi connectivity index (χ0) is 21.7. The van der Waals surface area contributed by atoms with Crippen LogP contribution in [0.15, 0.2) is 46.9 Å². The fourth-order valence-corrected chi connectivity index (χ4v) is 3.97. The molecule has 6 nitrogen and oxygen atoms in total. The van der Waals surface area contributed by atoms with E-state index in [1.54, 1.807) is 14.2 Å². The van der Waals surface area contributed by atoms with Crippen LogP contribution in [-0.4, -0.2) is 44.0 Å². The topological polar surface area (TPSA) is 67.9 Å². The third-order valence-electron chi connectivity index (χ3n) is 5.51. The van der Waals surface area contributed by atoms with Crippen LogP contribution in [0.4, 0.5) is 0 Å². The number of halogens is 1. The smallest absolute Gasteiger partial charge is 0.253 e. The van der Waals surface area contributed by atoms with Crippen molar-refractivity contribution in [2.75, 3.05) is 27.3 Å². The van der Waals surface area contributed by atoms with Gasteiger partial charge in [0.1, 0.15) is 11.5 Å². The first kappa shape index (κ1) is 22.2. The molecule has 1 saturated heterocycles. The summed E-state index contributed by atoms with van der Waals surface area (Å²) in [6.07, 6.45) is 1.30. The maximum Gasteiger partial charge on any atom is 0.253 e. The third-order valence-corrected chi connectivity index (χ3v) is 6.03. The number of rotatable bonds is 6. The van der Waals surface area contributed by atoms with Gasteiger partial charge in [-0.2, -0.15) is 0 Å². The Hall–Kier alpha value is -2.54. The van der Waals surface area contributed by atoms with Gasteiger partial charge >= 0.3 is 0 Å². The molecule has 2 amide bonds. The molecule has 0 aliphatic carbocycles. The van der Waals surface area contributed by atoms with Gasteiger partial charge in [-0.15, -0.1) is 0 Å². The van der Waals surface area contributed by atoms with Gasteiger partial charge in [-0.05, 0) is 62.2 Å². The molecular weight excluding hydrogens is 448 g/mol. The summed E-state index contributed by atoms with van der Waals surface area (Å²) in [6.45, 7) is 3.08. The van der Waals surface area contributed by atoms with Crippen molar-refractivity contribution in [2.45, 2.75) is 25.8 Å². The average Bonchev–Trinajstić information content (AvgIpc) is 2.78. The van der Waals surface area contributed by atoms with E-state index in [0.29, 0.717) is 43.0 Å². The number of piperidine rings is 1. The Morgan fingerprint density at radius 2 is 1.73 bits per heavy atom. The number of hydrogen-bond acceptors (Lipinski definition) is 4. The fraction of sp³-hybridized carbons (Fsp3) is 0.391. The Kier molecular flexibility index (Phi) is 7.37. The first-order valence-electron chi connectivity index (χ1n) is 10.00. The van der Waals surface area contributed by atoms with Crippen molar-refractivity contribution in [3.8, 4) is 11.5 Å². The predicted octanol–water partition coefficient (Wildman–Crippen LogP) is 4.20. The van der Waals surface area contributed by atoms with Gasteiger partial charge in [-0.25, -0.2) is 0 Å². The zero-order valence-electron chi connectivity index (χ0n) is 17.5. The largest absolute Gasteiger partial charge is 0.497 e. The molecule has 1 N–H and O–H groups in total. The minimum atomic E-state index is -0.218. The molecule has 30 heavy (non-hydrogen) atoms. The maximum atomic E-state index is 12.8. The second kappa shape index (κ2) is 9.98. The van der Waals surface area contributed by atoms with E-state index in [0.717, 1.165) is 10.0 Å². The Labute approximate surface area is 185 Å². The highest BCUT2D eigenvalue weighted by molar-refractivity contribution is 9.10. The van der Waals surface area contributed by atoms with Crippen molar-refractivity contribution >= 4 is 27.7 Å². The molecule has 2 aromatic rings. The van der Waals surface area contributed by atoms with Crippen molar-refractivity contribution in [1.29, 1.82) is 0 Å². The van der Waals surface area contributed by atoms with Gasteiger partial charge < -0.3 is 19.7 Å². The van der Waals surface area contributed by atoms with Crippen LogP contribution in [0.25, 0.3) is 0 Å². The lowest BCUT2D eigenvalue weighted by Crippen LogP contribution is -2.43. The minimum absolute atomic E-state index is 0.00288. The van der Waals surface area contributed by atoms with Crippen LogP contribution >= 0.6 is 15.9 Å². The number of benzene rings is 2. The summed E-state index contributed by atoms with van der Waals surface area (Å²) in [6, 6.07) is 12.7. The molecular formula is C23H27BrN2O4. The highest BCUT2D eigenvalue weighted by Gasteiger charge is 2.29. The van der Waals surface area contributed by atoms with Gasteiger partial charge in [0, 0.05) is 34.6 Å². The molecule has 2 aromatic carbocycles. The number of hydrogen-bond donors (Lipinski definition) is 1. The molecule has 160 valence electrons. The Balaban J connectivity index is 1.58. The second-order valence-electron chi connectivity index (χ2n) is 7.41. The number of carbonyl (C=O) groups excluding carboxylic acids is 2. The van der Waals surface area contributed by atoms with Crippen LogP contribution in [0.1, 0.15) is 41.7 Å². The van der Waals surface area contributed by atoms with Crippen molar-refractivity contribution in [2.24, 2.45) is 5.92 Å². The molecule has 1 heterocycles. The lowest BCUT2D eigenvalue weighted by molar-refractivity contribution is -0.127. The monoisotopic (exact) mass is 474 g/mol. The van der Waals surface area contributed by atoms with Gasteiger partial charge in [-0.3, -0.25) is 9.59 Å². The number of likely N-dealkylation sites (tertiary alicyclic amines) is 1. The van der Waals surface area contributed by atoms with Crippen molar-refractivity contribution in [1.82, 2.24) is 10.2 Å². The lowest BCUT2D eigenvalue weighted by Gasteiger charge is -2.32. The SMILES string of the molecule is COc1ccc(OC)c([C@H](C)NC(=O)C2CCN(C(=O)c3ccc(Br)cc3)CC2)c1. The van der Waals surface area contributed by atoms with E-state index in [9.17, 15) is 9.59 Å². The van der Waals surface area contributed by atoms with E-state index in [2.05, 4.69) is 21.2 Å². The summed E-state index contributed by atoms with van der Waals surface area (Å²) in [7, 11) is 3.22. The molecule has 0 unspecified atom stereocenters. The predicted molar refractivity (Wildman–Crippen MR) is 119 cm³/mol. The maximum absolute atomic E-state index is 12.8. The standard InChI is InChI=1S/C23H27BrN2O4/c1-15(20-14-19(29-2)8-9-21(20)30-3)25-22(27)16-10-12-26(13-11-16)23(28)17-4-6-18(24)7-5-17/h4-9,14-16H,10-13H2,1-3H3,(H,25,27)/t15-/m0/s1. The molecule has 1 fully saturated rings. The van der Waals surface area contributed by atoms with Crippen LogP contribution in [-0.2, 0) is 4.79 Å². The number of carbonyl (C=O) groups is 2. The molecule has 0 bridgehead atoms. The van der Waals surface area contributed by atoms with E-state index in [4.69, 9.17) is 9.47 Å². The quantitative estimate of drug-likeness (QED) is 0.681. The summed E-state index contributed by atoms with van der Waals surface area (Å²) in [5.41, 5.74) is 1.54. The van der Waals surface area contributed by atoms with E-state index in [1.807, 2.05) is 54.3 Å². The summed E-state index contributed by atoms with van der Waals surface area (Å²) in [4.78, 5) is 27.3. The first-order valence-corrected chi connectivity index (χ1v) is 10.8. The van der Waals surface area contributed by atoms with E-state index in [1.165, 1.54) is 0 Å². The van der Waals surface area contributed by atoms with Crippen LogP contribution in [0.2, 0.25) is 0 Å². The number of nitrogens with zero attached hydrogens (tertiary/aromatic N) is 1. The summed E-state index contributed by atoms with van der Waals surface area (Å²) in [5.74, 6) is 1.32. The second-order valence-corrected chi connectivity index (χ2v) is 8.33. The van der Waals surface area contributed by atoms with Crippen molar-refractivity contribution in [3.63, 3.8) is 0 Å². The molecule has 1 atom stereocenters. The lowest BCUT2D eigenvalue weighted by atomic mass is 9.94. The highest BCUT2D eigenvalue weighted by atomic mass is 79.9. The van der Waals surface area contributed by atoms with Crippen LogP contribution in [0.3, 0.4) is 0 Å². The number of amides is 2. The molecule has 3 rings (SSSR count). The third kappa shape index (κ3) is 5.14. The fourth-order valence-electron chi connectivity index (χ4n) is 3.71. The van der Waals surface area contributed by atoms with Gasteiger partial charge in [0.05, 0.1) is 20.3 Å². The molecule has 1 aliphatic heterocycles. The van der Waals surface area contributed by atoms with Gasteiger partial charge in [-0.1, -0.05) is 15.9 Å². The van der Waals surface area contributed by atoms with Crippen LogP contribution in [0, 0.1) is 5.92 Å². The van der Waals surface area contributed by atoms with Gasteiger partial charge in [0.25, 0.3) is 5.91 Å². The zero-order valence-corrected chi connectivity index (χ0v) is 19.1. The normalized spacial score (nSPS) is 15.4. The summed E-state index contributed by atoms with van der Waals surface area (Å²) < 4.78 is 11.7.